The van der Waals surface area contributed by atoms with Crippen LogP contribution in [0.25, 0.3) is 0 Å². The minimum absolute atomic E-state index is 0.475. The highest BCUT2D eigenvalue weighted by Gasteiger charge is 2.21. The van der Waals surface area contributed by atoms with Gasteiger partial charge in [0.1, 0.15) is 11.6 Å². The lowest BCUT2D eigenvalue weighted by atomic mass is 9.99. The number of thioether (sulfide) groups is 1. The molecular formula is C14H21N5OS. The second kappa shape index (κ2) is 6.62. The molecule has 1 saturated heterocycles. The predicted molar refractivity (Wildman–Crippen MR) is 81.3 cm³/mol. The molecule has 21 heavy (non-hydrogen) atoms. The molecule has 1 N–H and O–H groups in total. The highest BCUT2D eigenvalue weighted by atomic mass is 32.2. The first kappa shape index (κ1) is 14.6. The summed E-state index contributed by atoms with van der Waals surface area (Å²) >= 11 is 1.64. The Morgan fingerprint density at radius 3 is 3.10 bits per heavy atom. The summed E-state index contributed by atoms with van der Waals surface area (Å²) in [7, 11) is 2.05. The molecule has 1 atom stereocenters. The molecule has 0 amide bonds. The fourth-order valence-electron chi connectivity index (χ4n) is 2.61. The molecular weight excluding hydrogens is 286 g/mol. The van der Waals surface area contributed by atoms with Crippen molar-refractivity contribution in [1.29, 1.82) is 0 Å². The lowest BCUT2D eigenvalue weighted by Crippen LogP contribution is -2.29. The van der Waals surface area contributed by atoms with E-state index >= 15 is 0 Å². The molecule has 0 aromatic carbocycles. The van der Waals surface area contributed by atoms with Crippen LogP contribution in [0.4, 0.5) is 0 Å². The third kappa shape index (κ3) is 3.29. The van der Waals surface area contributed by atoms with Crippen molar-refractivity contribution in [3.63, 3.8) is 0 Å². The predicted octanol–water partition coefficient (Wildman–Crippen LogP) is 2.12. The van der Waals surface area contributed by atoms with Crippen molar-refractivity contribution in [2.45, 2.75) is 43.0 Å². The Balaban J connectivity index is 1.64. The Morgan fingerprint density at radius 2 is 2.38 bits per heavy atom. The van der Waals surface area contributed by atoms with Gasteiger partial charge in [-0.15, -0.1) is 10.2 Å². The van der Waals surface area contributed by atoms with E-state index in [1.54, 1.807) is 11.8 Å². The second-order valence-electron chi connectivity index (χ2n) is 5.37. The standard InChI is InChI=1S/C14H21N5OS/c1-3-11-7-12(20-18-11)9-21-14-17-16-13(19(14)2)10-5-4-6-15-8-10/h7,10,15H,3-6,8-9H2,1-2H3/t10-/m1/s1. The summed E-state index contributed by atoms with van der Waals surface area (Å²) in [5.41, 5.74) is 0.998. The minimum Gasteiger partial charge on any atom is -0.360 e. The summed E-state index contributed by atoms with van der Waals surface area (Å²) in [4.78, 5) is 0. The van der Waals surface area contributed by atoms with E-state index < -0.39 is 0 Å². The van der Waals surface area contributed by atoms with E-state index in [-0.39, 0.29) is 0 Å². The van der Waals surface area contributed by atoms with Crippen LogP contribution >= 0.6 is 11.8 Å². The van der Waals surface area contributed by atoms with E-state index in [4.69, 9.17) is 4.52 Å². The molecule has 0 bridgehead atoms. The van der Waals surface area contributed by atoms with Crippen molar-refractivity contribution in [1.82, 2.24) is 25.2 Å². The van der Waals surface area contributed by atoms with E-state index in [1.165, 1.54) is 12.8 Å². The number of nitrogens with zero attached hydrogens (tertiary/aromatic N) is 4. The summed E-state index contributed by atoms with van der Waals surface area (Å²) in [5.74, 6) is 3.18. The van der Waals surface area contributed by atoms with Crippen molar-refractivity contribution >= 4 is 11.8 Å². The topological polar surface area (TPSA) is 68.8 Å². The maximum Gasteiger partial charge on any atom is 0.191 e. The SMILES string of the molecule is CCc1cc(CSc2nnc([C@@H]3CCCNC3)n2C)on1. The third-order valence-electron chi connectivity index (χ3n) is 3.84. The van der Waals surface area contributed by atoms with Gasteiger partial charge >= 0.3 is 0 Å². The fourth-order valence-corrected chi connectivity index (χ4v) is 3.40. The number of rotatable bonds is 5. The first-order valence-electron chi connectivity index (χ1n) is 7.45. The smallest absolute Gasteiger partial charge is 0.191 e. The van der Waals surface area contributed by atoms with Gasteiger partial charge in [0.2, 0.25) is 0 Å². The van der Waals surface area contributed by atoms with Gasteiger partial charge in [-0.25, -0.2) is 0 Å². The first-order valence-corrected chi connectivity index (χ1v) is 8.43. The van der Waals surface area contributed by atoms with Gasteiger partial charge in [0.15, 0.2) is 5.16 Å². The van der Waals surface area contributed by atoms with Crippen LogP contribution in [0.3, 0.4) is 0 Å². The Bertz CT molecular complexity index is 588. The van der Waals surface area contributed by atoms with Gasteiger partial charge in [-0.3, -0.25) is 0 Å². The quantitative estimate of drug-likeness (QED) is 0.853. The molecule has 2 aromatic rings. The van der Waals surface area contributed by atoms with E-state index in [0.29, 0.717) is 5.92 Å². The van der Waals surface area contributed by atoms with Gasteiger partial charge in [-0.2, -0.15) is 0 Å². The van der Waals surface area contributed by atoms with Crippen LogP contribution in [-0.4, -0.2) is 33.0 Å². The van der Waals surface area contributed by atoms with Crippen molar-refractivity contribution in [3.8, 4) is 0 Å². The zero-order valence-electron chi connectivity index (χ0n) is 12.5. The summed E-state index contributed by atoms with van der Waals surface area (Å²) in [5, 5.41) is 17.1. The van der Waals surface area contributed by atoms with Gasteiger partial charge in [-0.05, 0) is 25.8 Å². The second-order valence-corrected chi connectivity index (χ2v) is 6.31. The van der Waals surface area contributed by atoms with Crippen LogP contribution in [0.5, 0.6) is 0 Å². The highest BCUT2D eigenvalue weighted by molar-refractivity contribution is 7.98. The maximum atomic E-state index is 5.30. The van der Waals surface area contributed by atoms with Crippen LogP contribution in [-0.2, 0) is 19.2 Å². The molecule has 1 fully saturated rings. The van der Waals surface area contributed by atoms with Gasteiger partial charge < -0.3 is 14.4 Å². The summed E-state index contributed by atoms with van der Waals surface area (Å²) in [6.07, 6.45) is 3.29. The number of hydrogen-bond donors (Lipinski definition) is 1. The normalized spacial score (nSPS) is 19.0. The summed E-state index contributed by atoms with van der Waals surface area (Å²) in [6.45, 7) is 4.18. The molecule has 1 aliphatic heterocycles. The van der Waals surface area contributed by atoms with Crippen molar-refractivity contribution < 1.29 is 4.52 Å². The highest BCUT2D eigenvalue weighted by Crippen LogP contribution is 2.26. The van der Waals surface area contributed by atoms with Crippen molar-refractivity contribution in [2.24, 2.45) is 7.05 Å². The lowest BCUT2D eigenvalue weighted by molar-refractivity contribution is 0.389. The van der Waals surface area contributed by atoms with Gasteiger partial charge in [-0.1, -0.05) is 23.8 Å². The molecule has 114 valence electrons. The molecule has 0 radical (unpaired) electrons. The fraction of sp³-hybridized carbons (Fsp3) is 0.643. The molecule has 6 nitrogen and oxygen atoms in total. The molecule has 1 aliphatic rings. The van der Waals surface area contributed by atoms with E-state index in [1.807, 2.05) is 13.1 Å². The minimum atomic E-state index is 0.475. The van der Waals surface area contributed by atoms with E-state index in [9.17, 15) is 0 Å². The van der Waals surface area contributed by atoms with Gasteiger partial charge in [0.25, 0.3) is 0 Å². The van der Waals surface area contributed by atoms with Crippen molar-refractivity contribution in [2.75, 3.05) is 13.1 Å². The molecule has 7 heteroatoms. The zero-order valence-corrected chi connectivity index (χ0v) is 13.3. The average molecular weight is 307 g/mol. The molecule has 2 aromatic heterocycles. The molecule has 3 rings (SSSR count). The number of hydrogen-bond acceptors (Lipinski definition) is 6. The first-order chi connectivity index (χ1) is 10.3. The Kier molecular flexibility index (Phi) is 4.60. The number of aromatic nitrogens is 4. The van der Waals surface area contributed by atoms with Crippen LogP contribution in [0.1, 0.15) is 43.0 Å². The Hall–Kier alpha value is -1.34. The third-order valence-corrected chi connectivity index (χ3v) is 4.89. The van der Waals surface area contributed by atoms with E-state index in [2.05, 4.69) is 32.2 Å². The molecule has 0 saturated carbocycles. The molecule has 0 aliphatic carbocycles. The van der Waals surface area contributed by atoms with Crippen molar-refractivity contribution in [3.05, 3.63) is 23.3 Å². The molecule has 3 heterocycles. The Labute approximate surface area is 128 Å². The monoisotopic (exact) mass is 307 g/mol. The maximum absolute atomic E-state index is 5.30. The average Bonchev–Trinajstić information content (AvgIpc) is 3.13. The number of aryl methyl sites for hydroxylation is 1. The van der Waals surface area contributed by atoms with Crippen LogP contribution in [0.2, 0.25) is 0 Å². The largest absolute Gasteiger partial charge is 0.360 e. The van der Waals surface area contributed by atoms with Crippen LogP contribution in [0.15, 0.2) is 15.7 Å². The molecule has 0 unspecified atom stereocenters. The summed E-state index contributed by atoms with van der Waals surface area (Å²) in [6, 6.07) is 2.01. The van der Waals surface area contributed by atoms with E-state index in [0.717, 1.165) is 47.7 Å². The number of nitrogens with one attached hydrogen (secondary N) is 1. The van der Waals surface area contributed by atoms with Crippen LogP contribution < -0.4 is 5.32 Å². The van der Waals surface area contributed by atoms with Gasteiger partial charge in [0.05, 0.1) is 11.4 Å². The van der Waals surface area contributed by atoms with Gasteiger partial charge in [0, 0.05) is 25.6 Å². The summed E-state index contributed by atoms with van der Waals surface area (Å²) < 4.78 is 7.41. The molecule has 0 spiro atoms. The van der Waals surface area contributed by atoms with Crippen LogP contribution in [0, 0.1) is 0 Å². The zero-order chi connectivity index (χ0) is 14.7. The Morgan fingerprint density at radius 1 is 1.48 bits per heavy atom. The lowest BCUT2D eigenvalue weighted by Gasteiger charge is -2.21. The number of piperidine rings is 1.